The smallest absolute Gasteiger partial charge is 0.170 e. The van der Waals surface area contributed by atoms with Crippen LogP contribution in [0.3, 0.4) is 0 Å². The summed E-state index contributed by atoms with van der Waals surface area (Å²) in [6, 6.07) is 5.31. The fraction of sp³-hybridized carbons (Fsp3) is 0.500. The molecular weight excluding hydrogens is 294 g/mol. The van der Waals surface area contributed by atoms with Crippen LogP contribution in [0.5, 0.6) is 0 Å². The molecule has 2 unspecified atom stereocenters. The van der Waals surface area contributed by atoms with Gasteiger partial charge in [0.2, 0.25) is 0 Å². The fourth-order valence-corrected chi connectivity index (χ4v) is 2.74. The van der Waals surface area contributed by atoms with E-state index < -0.39 is 0 Å². The summed E-state index contributed by atoms with van der Waals surface area (Å²) in [5, 5.41) is 21.4. The molecule has 2 rings (SSSR count). The Kier molecular flexibility index (Phi) is 5.41. The monoisotopic (exact) mass is 313 g/mol. The van der Waals surface area contributed by atoms with Crippen LogP contribution in [0.15, 0.2) is 23.4 Å². The maximum absolute atomic E-state index is 9.24. The first-order valence-corrected chi connectivity index (χ1v) is 7.16. The van der Waals surface area contributed by atoms with E-state index in [4.69, 9.17) is 27.3 Å². The number of aliphatic hydroxyl groups excluding tert-OH is 1. The van der Waals surface area contributed by atoms with Crippen molar-refractivity contribution in [1.29, 1.82) is 0 Å². The zero-order chi connectivity index (χ0) is 15.4. The highest BCUT2D eigenvalue weighted by Crippen LogP contribution is 2.21. The lowest BCUT2D eigenvalue weighted by atomic mass is 10.1. The zero-order valence-electron chi connectivity index (χ0n) is 11.9. The molecule has 2 atom stereocenters. The highest BCUT2D eigenvalue weighted by Gasteiger charge is 2.25. The maximum atomic E-state index is 9.24. The van der Waals surface area contributed by atoms with E-state index in [1.54, 1.807) is 12.1 Å². The molecule has 21 heavy (non-hydrogen) atoms. The molecule has 0 amide bonds. The molecule has 1 aromatic rings. The van der Waals surface area contributed by atoms with Gasteiger partial charge in [0.05, 0.1) is 18.8 Å². The van der Waals surface area contributed by atoms with Crippen molar-refractivity contribution in [3.8, 4) is 0 Å². The predicted octanol–water partition coefficient (Wildman–Crippen LogP) is 1.02. The van der Waals surface area contributed by atoms with Crippen LogP contribution in [0.4, 0.5) is 0 Å². The second-order valence-corrected chi connectivity index (χ2v) is 5.64. The third kappa shape index (κ3) is 4.07. The summed E-state index contributed by atoms with van der Waals surface area (Å²) in [6.07, 6.45) is -0.0879. The average Bonchev–Trinajstić information content (AvgIpc) is 2.47. The van der Waals surface area contributed by atoms with Crippen molar-refractivity contribution in [1.82, 2.24) is 4.90 Å². The molecule has 0 spiro atoms. The van der Waals surface area contributed by atoms with Gasteiger partial charge in [-0.3, -0.25) is 4.90 Å². The Bertz CT molecular complexity index is 524. The largest absolute Gasteiger partial charge is 0.409 e. The Morgan fingerprint density at radius 1 is 1.52 bits per heavy atom. The number of benzene rings is 1. The van der Waals surface area contributed by atoms with E-state index in [1.807, 2.05) is 13.0 Å². The van der Waals surface area contributed by atoms with Crippen molar-refractivity contribution >= 4 is 17.4 Å². The predicted molar refractivity (Wildman–Crippen MR) is 80.7 cm³/mol. The van der Waals surface area contributed by atoms with Gasteiger partial charge in [0, 0.05) is 30.2 Å². The zero-order valence-corrected chi connectivity index (χ0v) is 12.6. The molecule has 1 aliphatic rings. The molecule has 1 saturated heterocycles. The van der Waals surface area contributed by atoms with Gasteiger partial charge >= 0.3 is 0 Å². The summed E-state index contributed by atoms with van der Waals surface area (Å²) in [5.74, 6) is 0.0313. The first-order valence-electron chi connectivity index (χ1n) is 6.78. The van der Waals surface area contributed by atoms with E-state index in [2.05, 4.69) is 10.1 Å². The Labute approximate surface area is 128 Å². The van der Waals surface area contributed by atoms with Gasteiger partial charge < -0.3 is 20.8 Å². The molecular formula is C14H20ClN3O3. The van der Waals surface area contributed by atoms with Crippen LogP contribution in [-0.2, 0) is 11.3 Å². The minimum Gasteiger partial charge on any atom is -0.409 e. The minimum absolute atomic E-state index is 0.0109. The molecule has 116 valence electrons. The van der Waals surface area contributed by atoms with Crippen LogP contribution in [0.1, 0.15) is 18.1 Å². The van der Waals surface area contributed by atoms with Crippen molar-refractivity contribution in [3.05, 3.63) is 34.3 Å². The number of hydrogen-bond acceptors (Lipinski definition) is 5. The van der Waals surface area contributed by atoms with E-state index in [0.717, 1.165) is 12.1 Å². The molecule has 7 heteroatoms. The van der Waals surface area contributed by atoms with E-state index in [1.165, 1.54) is 0 Å². The van der Waals surface area contributed by atoms with Crippen LogP contribution in [0.2, 0.25) is 5.02 Å². The van der Waals surface area contributed by atoms with Crippen molar-refractivity contribution in [2.24, 2.45) is 10.9 Å². The number of rotatable bonds is 4. The van der Waals surface area contributed by atoms with Gasteiger partial charge in [0.25, 0.3) is 0 Å². The summed E-state index contributed by atoms with van der Waals surface area (Å²) in [6.45, 7) is 4.11. The number of ether oxygens (including phenoxy) is 1. The van der Waals surface area contributed by atoms with Crippen LogP contribution in [-0.4, -0.2) is 53.0 Å². The number of hydrogen-bond donors (Lipinski definition) is 3. The van der Waals surface area contributed by atoms with E-state index in [-0.39, 0.29) is 24.7 Å². The van der Waals surface area contributed by atoms with Crippen molar-refractivity contribution in [2.45, 2.75) is 25.7 Å². The topological polar surface area (TPSA) is 91.3 Å². The highest BCUT2D eigenvalue weighted by atomic mass is 35.5. The summed E-state index contributed by atoms with van der Waals surface area (Å²) >= 11 is 6.26. The average molecular weight is 314 g/mol. The summed E-state index contributed by atoms with van der Waals surface area (Å²) in [7, 11) is 0. The second-order valence-electron chi connectivity index (χ2n) is 5.24. The molecule has 0 saturated carbocycles. The summed E-state index contributed by atoms with van der Waals surface area (Å²) in [5.41, 5.74) is 7.07. The number of halogens is 1. The van der Waals surface area contributed by atoms with Crippen molar-refractivity contribution in [3.63, 3.8) is 0 Å². The lowest BCUT2D eigenvalue weighted by Gasteiger charge is -2.36. The molecule has 0 radical (unpaired) electrons. The molecule has 1 aromatic carbocycles. The van der Waals surface area contributed by atoms with Crippen molar-refractivity contribution in [2.75, 3.05) is 19.7 Å². The normalized spacial score (nSPS) is 24.2. The maximum Gasteiger partial charge on any atom is 0.170 e. The SMILES string of the molecule is CC1CN(Cc2ccc(/C(N)=N/O)cc2Cl)CC(CO)O1. The molecule has 1 heterocycles. The lowest BCUT2D eigenvalue weighted by molar-refractivity contribution is -0.0972. The number of oxime groups is 1. The number of amidine groups is 1. The van der Waals surface area contributed by atoms with Gasteiger partial charge in [-0.15, -0.1) is 0 Å². The Morgan fingerprint density at radius 2 is 2.29 bits per heavy atom. The highest BCUT2D eigenvalue weighted by molar-refractivity contribution is 6.31. The van der Waals surface area contributed by atoms with E-state index >= 15 is 0 Å². The molecule has 0 aliphatic carbocycles. The fourth-order valence-electron chi connectivity index (χ4n) is 2.50. The third-order valence-corrected chi connectivity index (χ3v) is 3.81. The number of nitrogens with two attached hydrogens (primary N) is 1. The minimum atomic E-state index is -0.163. The quantitative estimate of drug-likeness (QED) is 0.334. The van der Waals surface area contributed by atoms with Gasteiger partial charge in [-0.1, -0.05) is 28.9 Å². The van der Waals surface area contributed by atoms with Crippen LogP contribution < -0.4 is 5.73 Å². The molecule has 1 aliphatic heterocycles. The summed E-state index contributed by atoms with van der Waals surface area (Å²) < 4.78 is 5.61. The third-order valence-electron chi connectivity index (χ3n) is 3.46. The van der Waals surface area contributed by atoms with E-state index in [0.29, 0.717) is 23.7 Å². The van der Waals surface area contributed by atoms with Gasteiger partial charge in [0.15, 0.2) is 5.84 Å². The van der Waals surface area contributed by atoms with Gasteiger partial charge in [0.1, 0.15) is 0 Å². The van der Waals surface area contributed by atoms with Gasteiger partial charge in [-0.2, -0.15) is 0 Å². The van der Waals surface area contributed by atoms with Crippen LogP contribution >= 0.6 is 11.6 Å². The van der Waals surface area contributed by atoms with Crippen molar-refractivity contribution < 1.29 is 15.1 Å². The number of nitrogens with zero attached hydrogens (tertiary/aromatic N) is 2. The molecule has 1 fully saturated rings. The van der Waals surface area contributed by atoms with Crippen LogP contribution in [0, 0.1) is 0 Å². The molecule has 0 bridgehead atoms. The Morgan fingerprint density at radius 3 is 2.90 bits per heavy atom. The van der Waals surface area contributed by atoms with E-state index in [9.17, 15) is 5.11 Å². The summed E-state index contributed by atoms with van der Waals surface area (Å²) in [4.78, 5) is 2.19. The first kappa shape index (κ1) is 16.0. The first-order chi connectivity index (χ1) is 10.0. The number of aliphatic hydroxyl groups is 1. The lowest BCUT2D eigenvalue weighted by Crippen LogP contribution is -2.47. The molecule has 0 aromatic heterocycles. The van der Waals surface area contributed by atoms with Gasteiger partial charge in [-0.05, 0) is 18.6 Å². The Hall–Kier alpha value is -1.34. The number of morpholine rings is 1. The van der Waals surface area contributed by atoms with Crippen LogP contribution in [0.25, 0.3) is 0 Å². The standard InChI is InChI=1S/C14H20ClN3O3/c1-9-5-18(7-12(8-19)21-9)6-11-3-2-10(4-13(11)15)14(16)17-20/h2-4,9,12,19-20H,5-8H2,1H3,(H2,16,17). The second kappa shape index (κ2) is 7.09. The van der Waals surface area contributed by atoms with Gasteiger partial charge in [-0.25, -0.2) is 0 Å². The molecule has 4 N–H and O–H groups in total. The molecule has 6 nitrogen and oxygen atoms in total. The Balaban J connectivity index is 2.09.